The second kappa shape index (κ2) is 5.20. The van der Waals surface area contributed by atoms with E-state index in [1.54, 1.807) is 0 Å². The van der Waals surface area contributed by atoms with Gasteiger partial charge in [-0.25, -0.2) is 4.68 Å². The van der Waals surface area contributed by atoms with Crippen molar-refractivity contribution in [3.05, 3.63) is 36.2 Å². The third-order valence-electron chi connectivity index (χ3n) is 2.47. The molecule has 0 aliphatic carbocycles. The van der Waals surface area contributed by atoms with E-state index in [0.717, 1.165) is 25.1 Å². The van der Waals surface area contributed by atoms with Crippen molar-refractivity contribution in [2.24, 2.45) is 0 Å². The molecule has 2 rings (SSSR count). The molecule has 0 atom stereocenters. The molecule has 6 nitrogen and oxygen atoms in total. The van der Waals surface area contributed by atoms with Gasteiger partial charge in [0.15, 0.2) is 5.82 Å². The predicted molar refractivity (Wildman–Crippen MR) is 67.8 cm³/mol. The molecule has 0 saturated carbocycles. The quantitative estimate of drug-likeness (QED) is 0.519. The Hall–Kier alpha value is -2.24. The first-order valence-corrected chi connectivity index (χ1v) is 5.51. The highest BCUT2D eigenvalue weighted by Gasteiger charge is 2.05. The van der Waals surface area contributed by atoms with E-state index in [9.17, 15) is 0 Å². The zero-order valence-corrected chi connectivity index (χ0v) is 9.50. The van der Waals surface area contributed by atoms with Gasteiger partial charge in [-0.1, -0.05) is 18.2 Å². The second-order valence-electron chi connectivity index (χ2n) is 3.74. The van der Waals surface area contributed by atoms with Crippen LogP contribution in [0.25, 0.3) is 0 Å². The van der Waals surface area contributed by atoms with Crippen molar-refractivity contribution in [2.75, 3.05) is 23.4 Å². The van der Waals surface area contributed by atoms with E-state index in [1.165, 1.54) is 4.68 Å². The van der Waals surface area contributed by atoms with Crippen molar-refractivity contribution < 1.29 is 0 Å². The minimum atomic E-state index is 0.246. The number of nitrogens with zero attached hydrogens (tertiary/aromatic N) is 3. The number of benzene rings is 1. The van der Waals surface area contributed by atoms with Crippen molar-refractivity contribution in [1.29, 1.82) is 0 Å². The Morgan fingerprint density at radius 3 is 2.59 bits per heavy atom. The number of aromatic nitrogens is 3. The number of nitrogens with two attached hydrogens (primary N) is 2. The lowest BCUT2D eigenvalue weighted by Gasteiger charge is -2.05. The molecule has 1 aromatic heterocycles. The van der Waals surface area contributed by atoms with E-state index in [-0.39, 0.29) is 5.95 Å². The normalized spacial score (nSPS) is 10.4. The van der Waals surface area contributed by atoms with Crippen molar-refractivity contribution >= 4 is 11.6 Å². The fraction of sp³-hybridized carbons (Fsp3) is 0.273. The van der Waals surface area contributed by atoms with E-state index in [2.05, 4.69) is 15.5 Å². The standard InChI is InChI=1S/C11H16N6/c12-11-16-15-10(17(11)13)7-4-8-14-9-5-2-1-3-6-9/h1-3,5-6,14H,4,7-8,13H2,(H2,12,16). The molecule has 90 valence electrons. The molecule has 17 heavy (non-hydrogen) atoms. The van der Waals surface area contributed by atoms with E-state index < -0.39 is 0 Å². The van der Waals surface area contributed by atoms with Crippen LogP contribution in [-0.2, 0) is 6.42 Å². The Balaban J connectivity index is 1.75. The van der Waals surface area contributed by atoms with Crippen LogP contribution in [0.3, 0.4) is 0 Å². The smallest absolute Gasteiger partial charge is 0.240 e. The minimum Gasteiger partial charge on any atom is -0.385 e. The topological polar surface area (TPSA) is 94.8 Å². The Kier molecular flexibility index (Phi) is 3.44. The summed E-state index contributed by atoms with van der Waals surface area (Å²) < 4.78 is 1.32. The molecule has 1 aromatic carbocycles. The molecule has 1 heterocycles. The van der Waals surface area contributed by atoms with Gasteiger partial charge in [0.2, 0.25) is 5.95 Å². The number of hydrogen-bond acceptors (Lipinski definition) is 5. The van der Waals surface area contributed by atoms with Crippen LogP contribution in [0, 0.1) is 0 Å². The number of aryl methyl sites for hydroxylation is 1. The third kappa shape index (κ3) is 2.87. The van der Waals surface area contributed by atoms with E-state index >= 15 is 0 Å². The van der Waals surface area contributed by atoms with E-state index in [1.807, 2.05) is 30.3 Å². The molecule has 2 aromatic rings. The average Bonchev–Trinajstić information content (AvgIpc) is 2.67. The van der Waals surface area contributed by atoms with E-state index in [0.29, 0.717) is 5.82 Å². The van der Waals surface area contributed by atoms with Gasteiger partial charge in [0, 0.05) is 18.7 Å². The molecule has 0 saturated heterocycles. The van der Waals surface area contributed by atoms with Crippen LogP contribution in [0.4, 0.5) is 11.6 Å². The molecule has 0 radical (unpaired) electrons. The molecule has 6 heteroatoms. The number of nitrogen functional groups attached to an aromatic ring is 2. The zero-order chi connectivity index (χ0) is 12.1. The third-order valence-corrected chi connectivity index (χ3v) is 2.47. The minimum absolute atomic E-state index is 0.246. The van der Waals surface area contributed by atoms with Gasteiger partial charge in [-0.05, 0) is 18.6 Å². The Morgan fingerprint density at radius 1 is 1.18 bits per heavy atom. The summed E-state index contributed by atoms with van der Waals surface area (Å²) in [5, 5.41) is 10.9. The molecule has 0 unspecified atom stereocenters. The van der Waals surface area contributed by atoms with Crippen LogP contribution in [-0.4, -0.2) is 21.4 Å². The lowest BCUT2D eigenvalue weighted by atomic mass is 10.2. The van der Waals surface area contributed by atoms with Crippen molar-refractivity contribution in [1.82, 2.24) is 14.9 Å². The van der Waals surface area contributed by atoms with Crippen LogP contribution >= 0.6 is 0 Å². The van der Waals surface area contributed by atoms with Crippen LogP contribution in [0.15, 0.2) is 30.3 Å². The largest absolute Gasteiger partial charge is 0.385 e. The molecule has 5 N–H and O–H groups in total. The molecule has 0 bridgehead atoms. The summed E-state index contributed by atoms with van der Waals surface area (Å²) in [5.41, 5.74) is 6.60. The number of anilines is 2. The van der Waals surface area contributed by atoms with Gasteiger partial charge in [-0.15, -0.1) is 10.2 Å². The first-order valence-electron chi connectivity index (χ1n) is 5.51. The zero-order valence-electron chi connectivity index (χ0n) is 9.50. The molecule has 0 aliphatic rings. The van der Waals surface area contributed by atoms with Gasteiger partial charge in [0.05, 0.1) is 0 Å². The van der Waals surface area contributed by atoms with Gasteiger partial charge in [0.1, 0.15) is 0 Å². The predicted octanol–water partition coefficient (Wildman–Crippen LogP) is 0.619. The molecular formula is C11H16N6. The SMILES string of the molecule is Nc1nnc(CCCNc2ccccc2)n1N. The molecule has 0 amide bonds. The van der Waals surface area contributed by atoms with Crippen molar-refractivity contribution in [3.63, 3.8) is 0 Å². The molecule has 0 spiro atoms. The summed E-state index contributed by atoms with van der Waals surface area (Å²) in [4.78, 5) is 0. The second-order valence-corrected chi connectivity index (χ2v) is 3.74. The summed E-state index contributed by atoms with van der Waals surface area (Å²) in [5.74, 6) is 6.59. The molecule has 0 aliphatic heterocycles. The van der Waals surface area contributed by atoms with Crippen LogP contribution in [0.2, 0.25) is 0 Å². The maximum Gasteiger partial charge on any atom is 0.240 e. The van der Waals surface area contributed by atoms with Crippen LogP contribution in [0.1, 0.15) is 12.2 Å². The van der Waals surface area contributed by atoms with Gasteiger partial charge in [-0.3, -0.25) is 0 Å². The average molecular weight is 232 g/mol. The number of para-hydroxylation sites is 1. The van der Waals surface area contributed by atoms with Gasteiger partial charge in [-0.2, -0.15) is 0 Å². The van der Waals surface area contributed by atoms with Crippen molar-refractivity contribution in [3.8, 4) is 0 Å². The highest BCUT2D eigenvalue weighted by atomic mass is 15.4. The number of hydrogen-bond donors (Lipinski definition) is 3. The van der Waals surface area contributed by atoms with Crippen LogP contribution < -0.4 is 16.9 Å². The summed E-state index contributed by atoms with van der Waals surface area (Å²) in [6.07, 6.45) is 1.67. The lowest BCUT2D eigenvalue weighted by molar-refractivity contribution is 0.765. The number of rotatable bonds is 5. The summed E-state index contributed by atoms with van der Waals surface area (Å²) in [6.45, 7) is 0.858. The lowest BCUT2D eigenvalue weighted by Crippen LogP contribution is -2.16. The Labute approximate surface area is 99.6 Å². The van der Waals surface area contributed by atoms with Gasteiger partial charge < -0.3 is 16.9 Å². The monoisotopic (exact) mass is 232 g/mol. The van der Waals surface area contributed by atoms with Crippen molar-refractivity contribution in [2.45, 2.75) is 12.8 Å². The van der Waals surface area contributed by atoms with Gasteiger partial charge in [0.25, 0.3) is 0 Å². The molecular weight excluding hydrogens is 216 g/mol. The summed E-state index contributed by atoms with van der Waals surface area (Å²) >= 11 is 0. The fourth-order valence-corrected chi connectivity index (χ4v) is 1.54. The number of nitrogens with one attached hydrogen (secondary N) is 1. The first-order chi connectivity index (χ1) is 8.27. The van der Waals surface area contributed by atoms with Gasteiger partial charge >= 0.3 is 0 Å². The Bertz CT molecular complexity index is 464. The maximum atomic E-state index is 5.64. The highest BCUT2D eigenvalue weighted by Crippen LogP contribution is 2.06. The highest BCUT2D eigenvalue weighted by molar-refractivity contribution is 5.42. The van der Waals surface area contributed by atoms with E-state index in [4.69, 9.17) is 11.6 Å². The van der Waals surface area contributed by atoms with Crippen LogP contribution in [0.5, 0.6) is 0 Å². The first kappa shape index (κ1) is 11.3. The Morgan fingerprint density at radius 2 is 1.94 bits per heavy atom. The summed E-state index contributed by atoms with van der Waals surface area (Å²) in [7, 11) is 0. The maximum absolute atomic E-state index is 5.64. The summed E-state index contributed by atoms with van der Waals surface area (Å²) in [6, 6.07) is 10.1. The fourth-order valence-electron chi connectivity index (χ4n) is 1.54. The molecule has 0 fully saturated rings.